The number of nitrogens with one attached hydrogen (secondary N) is 1. The minimum absolute atomic E-state index is 0.0140. The fourth-order valence-electron chi connectivity index (χ4n) is 1.11. The number of benzene rings is 1. The van der Waals surface area contributed by atoms with Crippen molar-refractivity contribution in [3.05, 3.63) is 35.9 Å². The third kappa shape index (κ3) is 3.92. The molecule has 76 valence electrons. The number of hydrogen-bond acceptors (Lipinski definition) is 1. The zero-order chi connectivity index (χ0) is 10.2. The second-order valence-corrected chi connectivity index (χ2v) is 3.81. The molecule has 0 aliphatic heterocycles. The molecule has 1 rings (SSSR count). The van der Waals surface area contributed by atoms with Gasteiger partial charge < -0.3 is 5.32 Å². The number of halogens is 1. The first-order valence-corrected chi connectivity index (χ1v) is 5.86. The molecule has 0 saturated heterocycles. The van der Waals surface area contributed by atoms with Crippen LogP contribution in [0.3, 0.4) is 0 Å². The summed E-state index contributed by atoms with van der Waals surface area (Å²) < 4.78 is 0. The van der Waals surface area contributed by atoms with Gasteiger partial charge in [0, 0.05) is 17.4 Å². The maximum atomic E-state index is 11.5. The van der Waals surface area contributed by atoms with E-state index in [4.69, 9.17) is 0 Å². The molecule has 1 aromatic carbocycles. The molecule has 1 aromatic rings. The van der Waals surface area contributed by atoms with Gasteiger partial charge in [0.2, 0.25) is 0 Å². The standard InChI is InChI=1S/C11H14BrNO/c12-8-4-5-9-13-11(14)10-6-2-1-3-7-10/h1-3,6-7H,4-5,8-9H2,(H,13,14). The van der Waals surface area contributed by atoms with Crippen molar-refractivity contribution in [1.82, 2.24) is 5.32 Å². The highest BCUT2D eigenvalue weighted by Crippen LogP contribution is 1.98. The average Bonchev–Trinajstić information content (AvgIpc) is 2.25. The van der Waals surface area contributed by atoms with Crippen LogP contribution in [0.2, 0.25) is 0 Å². The summed E-state index contributed by atoms with van der Waals surface area (Å²) in [6.45, 7) is 0.749. The third-order valence-electron chi connectivity index (χ3n) is 1.88. The summed E-state index contributed by atoms with van der Waals surface area (Å²) in [5.41, 5.74) is 0.728. The van der Waals surface area contributed by atoms with Crippen molar-refractivity contribution < 1.29 is 4.79 Å². The summed E-state index contributed by atoms with van der Waals surface area (Å²) in [5.74, 6) is 0.0140. The van der Waals surface area contributed by atoms with Crippen molar-refractivity contribution in [2.45, 2.75) is 12.8 Å². The molecule has 1 N–H and O–H groups in total. The predicted octanol–water partition coefficient (Wildman–Crippen LogP) is 2.59. The Hall–Kier alpha value is -0.830. The molecule has 0 aliphatic carbocycles. The van der Waals surface area contributed by atoms with Crippen molar-refractivity contribution in [3.8, 4) is 0 Å². The Balaban J connectivity index is 2.29. The molecule has 2 nitrogen and oxygen atoms in total. The van der Waals surface area contributed by atoms with Gasteiger partial charge in [-0.15, -0.1) is 0 Å². The Kier molecular flexibility index (Phi) is 5.30. The van der Waals surface area contributed by atoms with E-state index < -0.39 is 0 Å². The molecule has 0 aliphatic rings. The number of carbonyl (C=O) groups is 1. The lowest BCUT2D eigenvalue weighted by atomic mass is 10.2. The number of amides is 1. The molecule has 3 heteroatoms. The molecule has 14 heavy (non-hydrogen) atoms. The van der Waals surface area contributed by atoms with Crippen LogP contribution >= 0.6 is 15.9 Å². The first kappa shape index (κ1) is 11.2. The van der Waals surface area contributed by atoms with Gasteiger partial charge in [0.05, 0.1) is 0 Å². The monoisotopic (exact) mass is 255 g/mol. The zero-order valence-corrected chi connectivity index (χ0v) is 9.59. The van der Waals surface area contributed by atoms with Crippen molar-refractivity contribution in [2.75, 3.05) is 11.9 Å². The van der Waals surface area contributed by atoms with E-state index in [1.165, 1.54) is 0 Å². The lowest BCUT2D eigenvalue weighted by Crippen LogP contribution is -2.24. The van der Waals surface area contributed by atoms with Crippen molar-refractivity contribution in [3.63, 3.8) is 0 Å². The van der Waals surface area contributed by atoms with E-state index in [0.717, 1.165) is 30.3 Å². The Morgan fingerprint density at radius 2 is 1.93 bits per heavy atom. The van der Waals surface area contributed by atoms with Gasteiger partial charge >= 0.3 is 0 Å². The lowest BCUT2D eigenvalue weighted by Gasteiger charge is -2.03. The normalized spacial score (nSPS) is 9.79. The van der Waals surface area contributed by atoms with Crippen LogP contribution in [0.1, 0.15) is 23.2 Å². The Morgan fingerprint density at radius 1 is 1.21 bits per heavy atom. The first-order chi connectivity index (χ1) is 6.84. The van der Waals surface area contributed by atoms with E-state index in [1.807, 2.05) is 30.3 Å². The highest BCUT2D eigenvalue weighted by molar-refractivity contribution is 9.09. The van der Waals surface area contributed by atoms with E-state index >= 15 is 0 Å². The minimum atomic E-state index is 0.0140. The third-order valence-corrected chi connectivity index (χ3v) is 2.44. The molecule has 0 spiro atoms. The smallest absolute Gasteiger partial charge is 0.251 e. The van der Waals surface area contributed by atoms with Crippen LogP contribution in [0.5, 0.6) is 0 Å². The molecule has 0 radical (unpaired) electrons. The number of unbranched alkanes of at least 4 members (excludes halogenated alkanes) is 1. The summed E-state index contributed by atoms with van der Waals surface area (Å²) in [4.78, 5) is 11.5. The Morgan fingerprint density at radius 3 is 2.57 bits per heavy atom. The first-order valence-electron chi connectivity index (χ1n) is 4.74. The second kappa shape index (κ2) is 6.60. The van der Waals surface area contributed by atoms with Gasteiger partial charge in [-0.2, -0.15) is 0 Å². The summed E-state index contributed by atoms with van der Waals surface area (Å²) >= 11 is 3.35. The fourth-order valence-corrected chi connectivity index (χ4v) is 1.51. The van der Waals surface area contributed by atoms with Crippen LogP contribution in [-0.2, 0) is 0 Å². The SMILES string of the molecule is O=C(NCCCCBr)c1ccccc1. The number of hydrogen-bond donors (Lipinski definition) is 1. The number of carbonyl (C=O) groups excluding carboxylic acids is 1. The lowest BCUT2D eigenvalue weighted by molar-refractivity contribution is 0.0953. The number of rotatable bonds is 5. The second-order valence-electron chi connectivity index (χ2n) is 3.02. The van der Waals surface area contributed by atoms with Gasteiger partial charge in [-0.05, 0) is 25.0 Å². The quantitative estimate of drug-likeness (QED) is 0.636. The van der Waals surface area contributed by atoms with E-state index in [-0.39, 0.29) is 5.91 Å². The van der Waals surface area contributed by atoms with Crippen LogP contribution in [-0.4, -0.2) is 17.8 Å². The van der Waals surface area contributed by atoms with Gasteiger partial charge in [-0.3, -0.25) is 4.79 Å². The molecule has 0 saturated carbocycles. The predicted molar refractivity (Wildman–Crippen MR) is 61.8 cm³/mol. The Labute approximate surface area is 92.8 Å². The van der Waals surface area contributed by atoms with Gasteiger partial charge in [0.25, 0.3) is 5.91 Å². The topological polar surface area (TPSA) is 29.1 Å². The largest absolute Gasteiger partial charge is 0.352 e. The van der Waals surface area contributed by atoms with Crippen molar-refractivity contribution in [2.24, 2.45) is 0 Å². The average molecular weight is 256 g/mol. The van der Waals surface area contributed by atoms with Crippen LogP contribution in [0.15, 0.2) is 30.3 Å². The van der Waals surface area contributed by atoms with Crippen LogP contribution in [0.4, 0.5) is 0 Å². The Bertz CT molecular complexity index is 274. The summed E-state index contributed by atoms with van der Waals surface area (Å²) in [6, 6.07) is 9.28. The van der Waals surface area contributed by atoms with Gasteiger partial charge in [-0.1, -0.05) is 34.1 Å². The van der Waals surface area contributed by atoms with Crippen LogP contribution < -0.4 is 5.32 Å². The summed E-state index contributed by atoms with van der Waals surface area (Å²) in [7, 11) is 0. The highest BCUT2D eigenvalue weighted by atomic mass is 79.9. The van der Waals surface area contributed by atoms with Gasteiger partial charge in [0.1, 0.15) is 0 Å². The molecule has 0 bridgehead atoms. The molecule has 0 atom stereocenters. The molecular formula is C11H14BrNO. The number of alkyl halides is 1. The van der Waals surface area contributed by atoms with E-state index in [9.17, 15) is 4.79 Å². The molecule has 0 heterocycles. The van der Waals surface area contributed by atoms with E-state index in [0.29, 0.717) is 0 Å². The molecule has 0 aromatic heterocycles. The summed E-state index contributed by atoms with van der Waals surface area (Å²) in [6.07, 6.45) is 2.11. The van der Waals surface area contributed by atoms with Gasteiger partial charge in [-0.25, -0.2) is 0 Å². The fraction of sp³-hybridized carbons (Fsp3) is 0.364. The van der Waals surface area contributed by atoms with Crippen LogP contribution in [0, 0.1) is 0 Å². The van der Waals surface area contributed by atoms with Gasteiger partial charge in [0.15, 0.2) is 0 Å². The van der Waals surface area contributed by atoms with Crippen molar-refractivity contribution in [1.29, 1.82) is 0 Å². The molecule has 1 amide bonds. The van der Waals surface area contributed by atoms with Crippen molar-refractivity contribution >= 4 is 21.8 Å². The maximum absolute atomic E-state index is 11.5. The molecule has 0 fully saturated rings. The van der Waals surface area contributed by atoms with E-state index in [1.54, 1.807) is 0 Å². The van der Waals surface area contributed by atoms with E-state index in [2.05, 4.69) is 21.2 Å². The molecular weight excluding hydrogens is 242 g/mol. The highest BCUT2D eigenvalue weighted by Gasteiger charge is 2.01. The minimum Gasteiger partial charge on any atom is -0.352 e. The zero-order valence-electron chi connectivity index (χ0n) is 8.00. The van der Waals surface area contributed by atoms with Crippen LogP contribution in [0.25, 0.3) is 0 Å². The molecule has 0 unspecified atom stereocenters. The maximum Gasteiger partial charge on any atom is 0.251 e. The summed E-state index contributed by atoms with van der Waals surface area (Å²) in [5, 5.41) is 3.87.